The summed E-state index contributed by atoms with van der Waals surface area (Å²) in [4.78, 5) is 10.4. The van der Waals surface area contributed by atoms with Gasteiger partial charge in [-0.25, -0.2) is 0 Å². The molecule has 92 valence electrons. The molecule has 0 aliphatic rings. The average molecular weight is 308 g/mol. The molecule has 0 aliphatic carbocycles. The Morgan fingerprint density at radius 2 is 1.94 bits per heavy atom. The van der Waals surface area contributed by atoms with E-state index in [-0.39, 0.29) is 12.3 Å². The lowest BCUT2D eigenvalue weighted by Gasteiger charge is -2.06. The molecule has 2 aromatic rings. The number of nitro benzene ring substituents is 1. The van der Waals surface area contributed by atoms with Crippen LogP contribution in [0, 0.1) is 10.1 Å². The highest BCUT2D eigenvalue weighted by Crippen LogP contribution is 2.22. The topological polar surface area (TPSA) is 52.4 Å². The van der Waals surface area contributed by atoms with Crippen molar-refractivity contribution in [3.8, 4) is 5.75 Å². The number of halogens is 1. The van der Waals surface area contributed by atoms with Crippen LogP contribution in [0.4, 0.5) is 5.69 Å². The zero-order valence-corrected chi connectivity index (χ0v) is 11.0. The molecular weight excluding hydrogens is 298 g/mol. The van der Waals surface area contributed by atoms with Crippen LogP contribution in [-0.4, -0.2) is 4.92 Å². The summed E-state index contributed by atoms with van der Waals surface area (Å²) in [5, 5.41) is 10.8. The van der Waals surface area contributed by atoms with E-state index in [0.717, 1.165) is 4.47 Å². The van der Waals surface area contributed by atoms with Crippen molar-refractivity contribution < 1.29 is 9.66 Å². The summed E-state index contributed by atoms with van der Waals surface area (Å²) in [5.74, 6) is 0.669. The third kappa shape index (κ3) is 3.07. The molecule has 0 fully saturated rings. The molecule has 18 heavy (non-hydrogen) atoms. The molecule has 0 radical (unpaired) electrons. The second-order valence-corrected chi connectivity index (χ2v) is 4.55. The van der Waals surface area contributed by atoms with Crippen molar-refractivity contribution >= 4 is 21.6 Å². The number of rotatable bonds is 4. The summed E-state index contributed by atoms with van der Waals surface area (Å²) in [5.41, 5.74) is 0.634. The van der Waals surface area contributed by atoms with E-state index in [1.807, 2.05) is 18.2 Å². The van der Waals surface area contributed by atoms with Gasteiger partial charge in [-0.2, -0.15) is 0 Å². The minimum atomic E-state index is -0.403. The molecule has 0 N–H and O–H groups in total. The highest BCUT2D eigenvalue weighted by Gasteiger charge is 2.12. The second-order valence-electron chi connectivity index (χ2n) is 3.63. The Kier molecular flexibility index (Phi) is 3.94. The predicted molar refractivity (Wildman–Crippen MR) is 71.6 cm³/mol. The lowest BCUT2D eigenvalue weighted by molar-refractivity contribution is -0.385. The molecular formula is C13H10BrNO3. The maximum Gasteiger partial charge on any atom is 0.276 e. The molecule has 0 spiro atoms. The molecule has 0 amide bonds. The number of hydrogen-bond donors (Lipinski definition) is 0. The van der Waals surface area contributed by atoms with Gasteiger partial charge in [0.2, 0.25) is 0 Å². The summed E-state index contributed by atoms with van der Waals surface area (Å²) in [7, 11) is 0. The van der Waals surface area contributed by atoms with Crippen LogP contribution in [0.5, 0.6) is 5.75 Å². The third-order valence-corrected chi connectivity index (χ3v) is 2.87. The van der Waals surface area contributed by atoms with Crippen molar-refractivity contribution in [1.82, 2.24) is 0 Å². The van der Waals surface area contributed by atoms with Crippen LogP contribution in [0.25, 0.3) is 0 Å². The van der Waals surface area contributed by atoms with Gasteiger partial charge in [0.15, 0.2) is 0 Å². The Hall–Kier alpha value is -1.88. The molecule has 0 saturated heterocycles. The molecule has 0 atom stereocenters. The Morgan fingerprint density at radius 1 is 1.17 bits per heavy atom. The summed E-state index contributed by atoms with van der Waals surface area (Å²) < 4.78 is 6.43. The first-order valence-electron chi connectivity index (χ1n) is 5.27. The van der Waals surface area contributed by atoms with Gasteiger partial charge < -0.3 is 4.74 Å². The monoisotopic (exact) mass is 307 g/mol. The largest absolute Gasteiger partial charge is 0.489 e. The van der Waals surface area contributed by atoms with Gasteiger partial charge in [-0.05, 0) is 24.3 Å². The van der Waals surface area contributed by atoms with Gasteiger partial charge in [0.05, 0.1) is 10.5 Å². The molecule has 0 unspecified atom stereocenters. The maximum absolute atomic E-state index is 10.8. The van der Waals surface area contributed by atoms with Crippen LogP contribution in [0.1, 0.15) is 5.56 Å². The summed E-state index contributed by atoms with van der Waals surface area (Å²) >= 11 is 3.34. The van der Waals surface area contributed by atoms with Crippen molar-refractivity contribution in [2.75, 3.05) is 0 Å². The molecule has 0 saturated carbocycles. The normalized spacial score (nSPS) is 10.1. The smallest absolute Gasteiger partial charge is 0.276 e. The van der Waals surface area contributed by atoms with E-state index in [1.54, 1.807) is 24.3 Å². The van der Waals surface area contributed by atoms with Crippen LogP contribution in [-0.2, 0) is 6.61 Å². The van der Waals surface area contributed by atoms with Gasteiger partial charge >= 0.3 is 0 Å². The van der Waals surface area contributed by atoms with Gasteiger partial charge in [0.25, 0.3) is 5.69 Å². The Bertz CT molecular complexity index is 572. The highest BCUT2D eigenvalue weighted by molar-refractivity contribution is 9.10. The molecule has 2 aromatic carbocycles. The van der Waals surface area contributed by atoms with Gasteiger partial charge in [-0.15, -0.1) is 0 Å². The average Bonchev–Trinajstić information content (AvgIpc) is 2.37. The molecule has 0 aromatic heterocycles. The van der Waals surface area contributed by atoms with Crippen LogP contribution in [0.2, 0.25) is 0 Å². The van der Waals surface area contributed by atoms with Gasteiger partial charge in [0.1, 0.15) is 12.4 Å². The van der Waals surface area contributed by atoms with Crippen LogP contribution in [0.3, 0.4) is 0 Å². The zero-order valence-electron chi connectivity index (χ0n) is 9.38. The Balaban J connectivity index is 2.13. The number of hydrogen-bond acceptors (Lipinski definition) is 3. The van der Waals surface area contributed by atoms with Crippen LogP contribution >= 0.6 is 15.9 Å². The molecule has 0 heterocycles. The fourth-order valence-electron chi connectivity index (χ4n) is 1.53. The van der Waals surface area contributed by atoms with Crippen LogP contribution in [0.15, 0.2) is 53.0 Å². The summed E-state index contributed by atoms with van der Waals surface area (Å²) in [6, 6.07) is 13.9. The predicted octanol–water partition coefficient (Wildman–Crippen LogP) is 3.94. The van der Waals surface area contributed by atoms with E-state index in [2.05, 4.69) is 15.9 Å². The number of benzene rings is 2. The molecule has 0 bridgehead atoms. The van der Waals surface area contributed by atoms with E-state index in [4.69, 9.17) is 4.74 Å². The van der Waals surface area contributed by atoms with Crippen molar-refractivity contribution in [2.45, 2.75) is 6.61 Å². The molecule has 5 heteroatoms. The summed E-state index contributed by atoms with van der Waals surface area (Å²) in [6.07, 6.45) is 0. The van der Waals surface area contributed by atoms with Crippen molar-refractivity contribution in [1.29, 1.82) is 0 Å². The molecule has 2 rings (SSSR count). The number of nitrogens with zero attached hydrogens (tertiary/aromatic N) is 1. The second kappa shape index (κ2) is 5.64. The molecule has 0 aliphatic heterocycles. The van der Waals surface area contributed by atoms with E-state index in [1.165, 1.54) is 6.07 Å². The fourth-order valence-corrected chi connectivity index (χ4v) is 1.91. The molecule has 4 nitrogen and oxygen atoms in total. The van der Waals surface area contributed by atoms with E-state index < -0.39 is 4.92 Å². The lowest BCUT2D eigenvalue weighted by atomic mass is 10.2. The quantitative estimate of drug-likeness (QED) is 0.635. The SMILES string of the molecule is O=[N+]([O-])c1ccccc1COc1cccc(Br)c1. The minimum absolute atomic E-state index is 0.0764. The van der Waals surface area contributed by atoms with E-state index in [0.29, 0.717) is 11.3 Å². The van der Waals surface area contributed by atoms with Crippen molar-refractivity contribution in [2.24, 2.45) is 0 Å². The lowest BCUT2D eigenvalue weighted by Crippen LogP contribution is -2.00. The maximum atomic E-state index is 10.8. The van der Waals surface area contributed by atoms with E-state index >= 15 is 0 Å². The fraction of sp³-hybridized carbons (Fsp3) is 0.0769. The number of para-hydroxylation sites is 1. The summed E-state index contributed by atoms with van der Waals surface area (Å²) in [6.45, 7) is 0.174. The third-order valence-electron chi connectivity index (χ3n) is 2.38. The minimum Gasteiger partial charge on any atom is -0.489 e. The zero-order chi connectivity index (χ0) is 13.0. The van der Waals surface area contributed by atoms with Crippen LogP contribution < -0.4 is 4.74 Å². The van der Waals surface area contributed by atoms with Crippen molar-refractivity contribution in [3.05, 3.63) is 68.7 Å². The highest BCUT2D eigenvalue weighted by atomic mass is 79.9. The van der Waals surface area contributed by atoms with Gasteiger partial charge in [0, 0.05) is 10.5 Å². The number of nitro groups is 1. The first-order valence-corrected chi connectivity index (χ1v) is 6.07. The Morgan fingerprint density at radius 3 is 2.67 bits per heavy atom. The van der Waals surface area contributed by atoms with Gasteiger partial charge in [-0.1, -0.05) is 34.1 Å². The van der Waals surface area contributed by atoms with Gasteiger partial charge in [-0.3, -0.25) is 10.1 Å². The van der Waals surface area contributed by atoms with Crippen molar-refractivity contribution in [3.63, 3.8) is 0 Å². The van der Waals surface area contributed by atoms with E-state index in [9.17, 15) is 10.1 Å². The first kappa shape index (κ1) is 12.6. The standard InChI is InChI=1S/C13H10BrNO3/c14-11-5-3-6-12(8-11)18-9-10-4-1-2-7-13(10)15(16)17/h1-8H,9H2. The Labute approximate surface area is 112 Å². The number of ether oxygens (including phenoxy) is 1. The first-order chi connectivity index (χ1) is 8.66.